The van der Waals surface area contributed by atoms with Crippen molar-refractivity contribution in [3.05, 3.63) is 11.8 Å². The Kier molecular flexibility index (Phi) is 3.74. The number of rotatable bonds is 3. The van der Waals surface area contributed by atoms with Gasteiger partial charge in [0.2, 0.25) is 0 Å². The average Bonchev–Trinajstić information content (AvgIpc) is 3.22. The molecule has 2 aliphatic carbocycles. The second-order valence-electron chi connectivity index (χ2n) is 7.12. The maximum Gasteiger partial charge on any atom is 0.0175 e. The molecule has 0 aromatic heterocycles. The van der Waals surface area contributed by atoms with Crippen LogP contribution in [0.2, 0.25) is 0 Å². The Morgan fingerprint density at radius 3 is 1.95 bits per heavy atom. The molecule has 0 N–H and O–H groups in total. The Bertz CT molecular complexity index is 360. The van der Waals surface area contributed by atoms with Gasteiger partial charge < -0.3 is 4.90 Å². The zero-order valence-electron chi connectivity index (χ0n) is 12.8. The van der Waals surface area contributed by atoms with Crippen LogP contribution in [0.4, 0.5) is 0 Å². The SMILES string of the molecule is C1=C(N2CCCC2)CCC(N2CCN(C3CC3)CC2)C1. The summed E-state index contributed by atoms with van der Waals surface area (Å²) in [4.78, 5) is 8.14. The van der Waals surface area contributed by atoms with E-state index in [1.807, 2.05) is 0 Å². The van der Waals surface area contributed by atoms with Crippen LogP contribution < -0.4 is 0 Å². The second-order valence-corrected chi connectivity index (χ2v) is 7.12. The predicted molar refractivity (Wildman–Crippen MR) is 82.7 cm³/mol. The molecule has 0 amide bonds. The number of allylic oxidation sites excluding steroid dienone is 1. The molecule has 112 valence electrons. The van der Waals surface area contributed by atoms with Gasteiger partial charge in [-0.3, -0.25) is 9.80 Å². The Labute approximate surface area is 123 Å². The number of hydrogen-bond donors (Lipinski definition) is 0. The van der Waals surface area contributed by atoms with E-state index < -0.39 is 0 Å². The van der Waals surface area contributed by atoms with Crippen molar-refractivity contribution < 1.29 is 0 Å². The van der Waals surface area contributed by atoms with Gasteiger partial charge in [0.05, 0.1) is 0 Å². The fourth-order valence-corrected chi connectivity index (χ4v) is 4.34. The first-order chi connectivity index (χ1) is 9.90. The molecule has 1 saturated carbocycles. The van der Waals surface area contributed by atoms with Crippen molar-refractivity contribution >= 4 is 0 Å². The molecular formula is C17H29N3. The minimum Gasteiger partial charge on any atom is -0.375 e. The largest absolute Gasteiger partial charge is 0.375 e. The number of likely N-dealkylation sites (tertiary alicyclic amines) is 1. The Morgan fingerprint density at radius 2 is 1.40 bits per heavy atom. The van der Waals surface area contributed by atoms with Crippen molar-refractivity contribution in [1.29, 1.82) is 0 Å². The van der Waals surface area contributed by atoms with Crippen molar-refractivity contribution in [2.75, 3.05) is 39.3 Å². The molecule has 2 saturated heterocycles. The normalized spacial score (nSPS) is 33.5. The van der Waals surface area contributed by atoms with Gasteiger partial charge in [-0.2, -0.15) is 0 Å². The standard InChI is InChI=1S/C17H29N3/c1-2-10-18(9-1)15-3-5-16(6-4-15)19-11-13-20(14-12-19)17-7-8-17/h3,16-17H,1-2,4-14H2. The third-order valence-corrected chi connectivity index (χ3v) is 5.80. The van der Waals surface area contributed by atoms with E-state index in [4.69, 9.17) is 0 Å². The molecule has 3 fully saturated rings. The third kappa shape index (κ3) is 2.75. The van der Waals surface area contributed by atoms with E-state index in [2.05, 4.69) is 20.8 Å². The lowest BCUT2D eigenvalue weighted by atomic mass is 9.96. The molecule has 1 unspecified atom stereocenters. The van der Waals surface area contributed by atoms with E-state index >= 15 is 0 Å². The van der Waals surface area contributed by atoms with Crippen LogP contribution in [0.25, 0.3) is 0 Å². The maximum atomic E-state index is 2.77. The smallest absolute Gasteiger partial charge is 0.0175 e. The Hall–Kier alpha value is -0.540. The Morgan fingerprint density at radius 1 is 0.750 bits per heavy atom. The summed E-state index contributed by atoms with van der Waals surface area (Å²) in [5.74, 6) is 0. The lowest BCUT2D eigenvalue weighted by Crippen LogP contribution is -2.51. The minimum atomic E-state index is 0.836. The first kappa shape index (κ1) is 13.1. The lowest BCUT2D eigenvalue weighted by Gasteiger charge is -2.41. The number of nitrogens with zero attached hydrogens (tertiary/aromatic N) is 3. The van der Waals surface area contributed by atoms with Gasteiger partial charge in [-0.15, -0.1) is 0 Å². The summed E-state index contributed by atoms with van der Waals surface area (Å²) in [5.41, 5.74) is 1.66. The van der Waals surface area contributed by atoms with Crippen LogP contribution >= 0.6 is 0 Å². The van der Waals surface area contributed by atoms with Crippen LogP contribution in [0.15, 0.2) is 11.8 Å². The molecule has 0 radical (unpaired) electrons. The summed E-state index contributed by atoms with van der Waals surface area (Å²) in [5, 5.41) is 0. The summed E-state index contributed by atoms with van der Waals surface area (Å²) in [7, 11) is 0. The van der Waals surface area contributed by atoms with Crippen molar-refractivity contribution in [2.24, 2.45) is 0 Å². The summed E-state index contributed by atoms with van der Waals surface area (Å²) in [6.07, 6.45) is 12.3. The zero-order chi connectivity index (χ0) is 13.4. The van der Waals surface area contributed by atoms with Gasteiger partial charge in [0.15, 0.2) is 0 Å². The van der Waals surface area contributed by atoms with Gasteiger partial charge in [0.25, 0.3) is 0 Å². The highest BCUT2D eigenvalue weighted by molar-refractivity contribution is 5.09. The maximum absolute atomic E-state index is 2.77. The number of hydrogen-bond acceptors (Lipinski definition) is 3. The molecule has 1 atom stereocenters. The molecule has 0 aromatic carbocycles. The Balaban J connectivity index is 1.28. The molecule has 4 aliphatic rings. The highest BCUT2D eigenvalue weighted by atomic mass is 15.3. The quantitative estimate of drug-likeness (QED) is 0.782. The van der Waals surface area contributed by atoms with Crippen molar-refractivity contribution in [3.8, 4) is 0 Å². The van der Waals surface area contributed by atoms with E-state index in [9.17, 15) is 0 Å². The fourth-order valence-electron chi connectivity index (χ4n) is 4.34. The summed E-state index contributed by atoms with van der Waals surface area (Å²) >= 11 is 0. The van der Waals surface area contributed by atoms with Gasteiger partial charge in [-0.05, 0) is 44.9 Å². The molecule has 4 rings (SSSR count). The van der Waals surface area contributed by atoms with Gasteiger partial charge in [-0.1, -0.05) is 6.08 Å². The van der Waals surface area contributed by atoms with Crippen LogP contribution in [0.5, 0.6) is 0 Å². The van der Waals surface area contributed by atoms with Crippen LogP contribution in [0.3, 0.4) is 0 Å². The monoisotopic (exact) mass is 275 g/mol. The van der Waals surface area contributed by atoms with Crippen molar-refractivity contribution in [2.45, 2.75) is 57.0 Å². The fraction of sp³-hybridized carbons (Fsp3) is 0.882. The van der Waals surface area contributed by atoms with Gasteiger partial charge >= 0.3 is 0 Å². The van der Waals surface area contributed by atoms with Gasteiger partial charge in [-0.25, -0.2) is 0 Å². The minimum absolute atomic E-state index is 0.836. The van der Waals surface area contributed by atoms with Gasteiger partial charge in [0.1, 0.15) is 0 Å². The lowest BCUT2D eigenvalue weighted by molar-refractivity contribution is 0.0851. The van der Waals surface area contributed by atoms with Crippen LogP contribution in [0.1, 0.15) is 44.9 Å². The first-order valence-corrected chi connectivity index (χ1v) is 8.82. The first-order valence-electron chi connectivity index (χ1n) is 8.82. The highest BCUT2D eigenvalue weighted by Gasteiger charge is 2.33. The van der Waals surface area contributed by atoms with Crippen molar-refractivity contribution in [3.63, 3.8) is 0 Å². The topological polar surface area (TPSA) is 9.72 Å². The van der Waals surface area contributed by atoms with Crippen molar-refractivity contribution in [1.82, 2.24) is 14.7 Å². The van der Waals surface area contributed by atoms with E-state index in [0.717, 1.165) is 12.1 Å². The third-order valence-electron chi connectivity index (χ3n) is 5.80. The molecule has 3 nitrogen and oxygen atoms in total. The summed E-state index contributed by atoms with van der Waals surface area (Å²) in [6.45, 7) is 7.91. The van der Waals surface area contributed by atoms with E-state index in [0.29, 0.717) is 0 Å². The molecule has 0 spiro atoms. The van der Waals surface area contributed by atoms with Crippen LogP contribution in [-0.4, -0.2) is 66.1 Å². The second kappa shape index (κ2) is 5.69. The molecule has 0 aromatic rings. The predicted octanol–water partition coefficient (Wildman–Crippen LogP) is 2.30. The number of piperazine rings is 1. The average molecular weight is 275 g/mol. The molecular weight excluding hydrogens is 246 g/mol. The molecule has 2 heterocycles. The van der Waals surface area contributed by atoms with Crippen LogP contribution in [-0.2, 0) is 0 Å². The van der Waals surface area contributed by atoms with E-state index in [-0.39, 0.29) is 0 Å². The zero-order valence-corrected chi connectivity index (χ0v) is 12.8. The van der Waals surface area contributed by atoms with E-state index in [1.165, 1.54) is 84.2 Å². The summed E-state index contributed by atoms with van der Waals surface area (Å²) in [6, 6.07) is 1.80. The highest BCUT2D eigenvalue weighted by Crippen LogP contribution is 2.30. The van der Waals surface area contributed by atoms with Crippen LogP contribution in [0, 0.1) is 0 Å². The van der Waals surface area contributed by atoms with Gasteiger partial charge in [0, 0.05) is 57.0 Å². The molecule has 20 heavy (non-hydrogen) atoms. The molecule has 2 aliphatic heterocycles. The summed E-state index contributed by atoms with van der Waals surface area (Å²) < 4.78 is 0. The van der Waals surface area contributed by atoms with E-state index in [1.54, 1.807) is 5.70 Å². The molecule has 3 heteroatoms. The molecule has 0 bridgehead atoms.